The Morgan fingerprint density at radius 3 is 2.18 bits per heavy atom. The summed E-state index contributed by atoms with van der Waals surface area (Å²) in [6, 6.07) is 6.61. The molecule has 0 aliphatic rings. The molecule has 122 valence electrons. The van der Waals surface area contributed by atoms with Crippen molar-refractivity contribution >= 4 is 11.8 Å². The maximum atomic E-state index is 11.7. The van der Waals surface area contributed by atoms with Gasteiger partial charge in [-0.25, -0.2) is 4.79 Å². The van der Waals surface area contributed by atoms with Crippen molar-refractivity contribution in [2.45, 2.75) is 52.4 Å². The van der Waals surface area contributed by atoms with E-state index < -0.39 is 11.8 Å². The van der Waals surface area contributed by atoms with E-state index in [2.05, 4.69) is 11.7 Å². The van der Waals surface area contributed by atoms with Crippen LogP contribution in [-0.4, -0.2) is 25.0 Å². The maximum absolute atomic E-state index is 11.7. The standard InChI is InChI=1S/C18H26O4/c1-3-5-6-7-8-9-14-22-16-12-10-15(11-13-16)17(19)18(20)21-4-2/h10-13H,3-9,14H2,1-2H3. The smallest absolute Gasteiger partial charge is 0.379 e. The van der Waals surface area contributed by atoms with Crippen LogP contribution in [0.5, 0.6) is 5.75 Å². The molecule has 0 heterocycles. The van der Waals surface area contributed by atoms with Crippen LogP contribution in [0.3, 0.4) is 0 Å². The van der Waals surface area contributed by atoms with Crippen LogP contribution in [0.25, 0.3) is 0 Å². The number of ether oxygens (including phenoxy) is 2. The number of benzene rings is 1. The van der Waals surface area contributed by atoms with Gasteiger partial charge in [0.05, 0.1) is 13.2 Å². The molecule has 0 aliphatic carbocycles. The molecule has 0 spiro atoms. The zero-order chi connectivity index (χ0) is 16.2. The fraction of sp³-hybridized carbons (Fsp3) is 0.556. The minimum absolute atomic E-state index is 0.198. The molecule has 0 aliphatic heterocycles. The van der Waals surface area contributed by atoms with Crippen LogP contribution in [0, 0.1) is 0 Å². The van der Waals surface area contributed by atoms with Crippen LogP contribution in [0.2, 0.25) is 0 Å². The summed E-state index contributed by atoms with van der Waals surface area (Å²) in [5, 5.41) is 0. The second-order valence-corrected chi connectivity index (χ2v) is 5.19. The molecule has 22 heavy (non-hydrogen) atoms. The summed E-state index contributed by atoms with van der Waals surface area (Å²) in [6.07, 6.45) is 7.32. The van der Waals surface area contributed by atoms with E-state index in [0.29, 0.717) is 17.9 Å². The summed E-state index contributed by atoms with van der Waals surface area (Å²) in [6.45, 7) is 4.76. The van der Waals surface area contributed by atoms with E-state index in [1.807, 2.05) is 0 Å². The van der Waals surface area contributed by atoms with Crippen molar-refractivity contribution in [2.24, 2.45) is 0 Å². The quantitative estimate of drug-likeness (QED) is 0.266. The summed E-state index contributed by atoms with van der Waals surface area (Å²) in [7, 11) is 0. The average Bonchev–Trinajstić information content (AvgIpc) is 2.54. The van der Waals surface area contributed by atoms with Gasteiger partial charge >= 0.3 is 5.97 Å². The van der Waals surface area contributed by atoms with Crippen molar-refractivity contribution in [3.63, 3.8) is 0 Å². The van der Waals surface area contributed by atoms with Crippen molar-refractivity contribution < 1.29 is 19.1 Å². The first kappa shape index (κ1) is 18.2. The summed E-state index contributed by atoms with van der Waals surface area (Å²) in [4.78, 5) is 23.1. The van der Waals surface area contributed by atoms with E-state index in [9.17, 15) is 9.59 Å². The third-order valence-electron chi connectivity index (χ3n) is 3.34. The van der Waals surface area contributed by atoms with Gasteiger partial charge in [0.1, 0.15) is 5.75 Å². The average molecular weight is 306 g/mol. The zero-order valence-electron chi connectivity index (χ0n) is 13.6. The molecule has 0 radical (unpaired) electrons. The molecule has 0 saturated carbocycles. The Morgan fingerprint density at radius 1 is 0.909 bits per heavy atom. The molecule has 1 aromatic carbocycles. The molecular weight excluding hydrogens is 280 g/mol. The number of Topliss-reactive ketones (excluding diaryl/α,β-unsaturated/α-hetero) is 1. The number of rotatable bonds is 11. The van der Waals surface area contributed by atoms with Gasteiger partial charge in [-0.3, -0.25) is 4.79 Å². The van der Waals surface area contributed by atoms with Crippen LogP contribution < -0.4 is 4.74 Å². The van der Waals surface area contributed by atoms with Crippen LogP contribution in [0.4, 0.5) is 0 Å². The fourth-order valence-corrected chi connectivity index (χ4v) is 2.09. The van der Waals surface area contributed by atoms with Crippen LogP contribution >= 0.6 is 0 Å². The molecule has 0 fully saturated rings. The van der Waals surface area contributed by atoms with E-state index in [-0.39, 0.29) is 6.61 Å². The van der Waals surface area contributed by atoms with E-state index in [1.165, 1.54) is 32.1 Å². The normalized spacial score (nSPS) is 10.3. The lowest BCUT2D eigenvalue weighted by atomic mass is 10.1. The van der Waals surface area contributed by atoms with Crippen molar-refractivity contribution in [1.82, 2.24) is 0 Å². The number of hydrogen-bond acceptors (Lipinski definition) is 4. The predicted molar refractivity (Wildman–Crippen MR) is 86.3 cm³/mol. The van der Waals surface area contributed by atoms with E-state index in [0.717, 1.165) is 6.42 Å². The van der Waals surface area contributed by atoms with E-state index in [1.54, 1.807) is 31.2 Å². The van der Waals surface area contributed by atoms with Crippen LogP contribution in [0.1, 0.15) is 62.7 Å². The third kappa shape index (κ3) is 6.74. The number of esters is 1. The SMILES string of the molecule is CCCCCCCCOc1ccc(C(=O)C(=O)OCC)cc1. The van der Waals surface area contributed by atoms with Gasteiger partial charge in [0.2, 0.25) is 0 Å². The molecule has 0 N–H and O–H groups in total. The Bertz CT molecular complexity index is 451. The van der Waals surface area contributed by atoms with Gasteiger partial charge in [0, 0.05) is 5.56 Å². The van der Waals surface area contributed by atoms with E-state index in [4.69, 9.17) is 4.74 Å². The summed E-state index contributed by atoms with van der Waals surface area (Å²) >= 11 is 0. The molecule has 0 aromatic heterocycles. The minimum atomic E-state index is -0.816. The molecule has 0 unspecified atom stereocenters. The molecule has 0 amide bonds. The first-order valence-electron chi connectivity index (χ1n) is 8.13. The van der Waals surface area contributed by atoms with Crippen LogP contribution in [-0.2, 0) is 9.53 Å². The molecule has 0 saturated heterocycles. The maximum Gasteiger partial charge on any atom is 0.379 e. The number of ketones is 1. The molecule has 1 aromatic rings. The Balaban J connectivity index is 2.30. The minimum Gasteiger partial charge on any atom is -0.494 e. The van der Waals surface area contributed by atoms with E-state index >= 15 is 0 Å². The Kier molecular flexibility index (Phi) is 8.96. The lowest BCUT2D eigenvalue weighted by Crippen LogP contribution is -2.17. The van der Waals surface area contributed by atoms with Gasteiger partial charge in [0.15, 0.2) is 0 Å². The highest BCUT2D eigenvalue weighted by molar-refractivity contribution is 6.40. The summed E-state index contributed by atoms with van der Waals surface area (Å²) < 4.78 is 10.3. The monoisotopic (exact) mass is 306 g/mol. The Morgan fingerprint density at radius 2 is 1.55 bits per heavy atom. The summed E-state index contributed by atoms with van der Waals surface area (Å²) in [5.74, 6) is -0.721. The highest BCUT2D eigenvalue weighted by atomic mass is 16.5. The number of carbonyl (C=O) groups is 2. The topological polar surface area (TPSA) is 52.6 Å². The van der Waals surface area contributed by atoms with Crippen molar-refractivity contribution in [3.05, 3.63) is 29.8 Å². The zero-order valence-corrected chi connectivity index (χ0v) is 13.6. The molecule has 0 atom stereocenters. The Labute approximate surface area is 132 Å². The number of carbonyl (C=O) groups excluding carboxylic acids is 2. The predicted octanol–water partition coefficient (Wildman–Crippen LogP) is 4.17. The largest absolute Gasteiger partial charge is 0.494 e. The van der Waals surface area contributed by atoms with Gasteiger partial charge < -0.3 is 9.47 Å². The molecular formula is C18H26O4. The van der Waals surface area contributed by atoms with Gasteiger partial charge in [-0.05, 0) is 37.6 Å². The highest BCUT2D eigenvalue weighted by Crippen LogP contribution is 2.14. The van der Waals surface area contributed by atoms with Crippen LogP contribution in [0.15, 0.2) is 24.3 Å². The molecule has 1 rings (SSSR count). The highest BCUT2D eigenvalue weighted by Gasteiger charge is 2.16. The molecule has 0 bridgehead atoms. The first-order valence-corrected chi connectivity index (χ1v) is 8.13. The van der Waals surface area contributed by atoms with Crippen molar-refractivity contribution in [2.75, 3.05) is 13.2 Å². The first-order chi connectivity index (χ1) is 10.7. The van der Waals surface area contributed by atoms with Gasteiger partial charge in [-0.1, -0.05) is 39.0 Å². The number of unbranched alkanes of at least 4 members (excludes halogenated alkanes) is 5. The van der Waals surface area contributed by atoms with Gasteiger partial charge in [-0.15, -0.1) is 0 Å². The Hall–Kier alpha value is -1.84. The van der Waals surface area contributed by atoms with Crippen molar-refractivity contribution in [3.8, 4) is 5.75 Å². The second-order valence-electron chi connectivity index (χ2n) is 5.19. The lowest BCUT2D eigenvalue weighted by Gasteiger charge is -2.07. The lowest BCUT2D eigenvalue weighted by molar-refractivity contribution is -0.137. The number of hydrogen-bond donors (Lipinski definition) is 0. The summed E-state index contributed by atoms with van der Waals surface area (Å²) in [5.41, 5.74) is 0.324. The second kappa shape index (κ2) is 10.8. The molecule has 4 nitrogen and oxygen atoms in total. The third-order valence-corrected chi connectivity index (χ3v) is 3.34. The molecule has 4 heteroatoms. The van der Waals surface area contributed by atoms with Gasteiger partial charge in [-0.2, -0.15) is 0 Å². The van der Waals surface area contributed by atoms with Gasteiger partial charge in [0.25, 0.3) is 5.78 Å². The van der Waals surface area contributed by atoms with Crippen molar-refractivity contribution in [1.29, 1.82) is 0 Å². The fourth-order valence-electron chi connectivity index (χ4n) is 2.09.